The SMILES string of the molecule is COc1cc2cc(N(C)C(=O)CCl)c3ccccc3c2cc1OC. The van der Waals surface area contributed by atoms with E-state index in [0.717, 1.165) is 27.2 Å². The molecule has 124 valence electrons. The van der Waals surface area contributed by atoms with E-state index in [0.29, 0.717) is 11.5 Å². The van der Waals surface area contributed by atoms with Crippen molar-refractivity contribution in [3.8, 4) is 11.5 Å². The number of hydrogen-bond donors (Lipinski definition) is 0. The van der Waals surface area contributed by atoms with Crippen LogP contribution in [-0.2, 0) is 4.79 Å². The molecular weight excluding hydrogens is 326 g/mol. The van der Waals surface area contributed by atoms with E-state index in [2.05, 4.69) is 0 Å². The van der Waals surface area contributed by atoms with E-state index in [1.165, 1.54) is 0 Å². The Hall–Kier alpha value is -2.46. The molecule has 3 aromatic carbocycles. The summed E-state index contributed by atoms with van der Waals surface area (Å²) in [4.78, 5) is 13.7. The molecule has 0 atom stereocenters. The van der Waals surface area contributed by atoms with Crippen LogP contribution in [0.1, 0.15) is 0 Å². The van der Waals surface area contributed by atoms with Gasteiger partial charge in [-0.25, -0.2) is 0 Å². The maximum atomic E-state index is 12.1. The lowest BCUT2D eigenvalue weighted by Crippen LogP contribution is -2.27. The number of carbonyl (C=O) groups is 1. The molecule has 0 aromatic heterocycles. The van der Waals surface area contributed by atoms with Crippen LogP contribution < -0.4 is 14.4 Å². The van der Waals surface area contributed by atoms with Gasteiger partial charge in [0.15, 0.2) is 11.5 Å². The number of anilines is 1. The van der Waals surface area contributed by atoms with Crippen molar-refractivity contribution in [3.63, 3.8) is 0 Å². The molecule has 3 aromatic rings. The second-order valence-corrected chi connectivity index (χ2v) is 5.72. The minimum absolute atomic E-state index is 0.0607. The van der Waals surface area contributed by atoms with Crippen LogP contribution in [0, 0.1) is 0 Å². The van der Waals surface area contributed by atoms with Gasteiger partial charge in [-0.15, -0.1) is 11.6 Å². The Bertz CT molecular complexity index is 923. The summed E-state index contributed by atoms with van der Waals surface area (Å²) < 4.78 is 10.8. The van der Waals surface area contributed by atoms with Gasteiger partial charge in [-0.2, -0.15) is 0 Å². The van der Waals surface area contributed by atoms with Crippen LogP contribution in [0.3, 0.4) is 0 Å². The number of carbonyl (C=O) groups excluding carboxylic acids is 1. The van der Waals surface area contributed by atoms with Crippen molar-refractivity contribution in [3.05, 3.63) is 42.5 Å². The monoisotopic (exact) mass is 343 g/mol. The fourth-order valence-corrected chi connectivity index (χ4v) is 3.09. The van der Waals surface area contributed by atoms with Gasteiger partial charge in [-0.1, -0.05) is 24.3 Å². The molecule has 0 bridgehead atoms. The lowest BCUT2D eigenvalue weighted by atomic mass is 9.99. The predicted molar refractivity (Wildman–Crippen MR) is 98.7 cm³/mol. The summed E-state index contributed by atoms with van der Waals surface area (Å²) in [6, 6.07) is 13.8. The van der Waals surface area contributed by atoms with Crippen LogP contribution in [-0.4, -0.2) is 33.1 Å². The third-order valence-corrected chi connectivity index (χ3v) is 4.42. The van der Waals surface area contributed by atoms with Crippen molar-refractivity contribution in [1.29, 1.82) is 0 Å². The van der Waals surface area contributed by atoms with Crippen molar-refractivity contribution in [1.82, 2.24) is 0 Å². The molecule has 0 aliphatic carbocycles. The Morgan fingerprint density at radius 3 is 2.25 bits per heavy atom. The number of nitrogens with zero attached hydrogens (tertiary/aromatic N) is 1. The lowest BCUT2D eigenvalue weighted by molar-refractivity contribution is -0.116. The summed E-state index contributed by atoms with van der Waals surface area (Å²) in [6.45, 7) is 0. The summed E-state index contributed by atoms with van der Waals surface area (Å²) in [6.07, 6.45) is 0. The minimum atomic E-state index is -0.151. The maximum absolute atomic E-state index is 12.1. The molecule has 3 rings (SSSR count). The first kappa shape index (κ1) is 16.4. The Labute approximate surface area is 145 Å². The smallest absolute Gasteiger partial charge is 0.241 e. The minimum Gasteiger partial charge on any atom is -0.493 e. The van der Waals surface area contributed by atoms with Gasteiger partial charge in [0.1, 0.15) is 5.88 Å². The highest BCUT2D eigenvalue weighted by Gasteiger charge is 2.16. The first-order valence-corrected chi connectivity index (χ1v) is 8.04. The van der Waals surface area contributed by atoms with Crippen LogP contribution in [0.2, 0.25) is 0 Å². The van der Waals surface area contributed by atoms with E-state index in [1.54, 1.807) is 26.2 Å². The summed E-state index contributed by atoms with van der Waals surface area (Å²) in [7, 11) is 4.96. The first-order valence-electron chi connectivity index (χ1n) is 7.50. The van der Waals surface area contributed by atoms with Gasteiger partial charge in [0.2, 0.25) is 5.91 Å². The molecule has 0 spiro atoms. The van der Waals surface area contributed by atoms with Gasteiger partial charge in [0, 0.05) is 12.4 Å². The van der Waals surface area contributed by atoms with E-state index in [-0.39, 0.29) is 11.8 Å². The number of ether oxygens (including phenoxy) is 2. The van der Waals surface area contributed by atoms with Crippen molar-refractivity contribution in [2.45, 2.75) is 0 Å². The molecule has 0 saturated heterocycles. The highest BCUT2D eigenvalue weighted by molar-refractivity contribution is 6.30. The van der Waals surface area contributed by atoms with Gasteiger partial charge >= 0.3 is 0 Å². The zero-order valence-electron chi connectivity index (χ0n) is 13.8. The number of hydrogen-bond acceptors (Lipinski definition) is 3. The van der Waals surface area contributed by atoms with Crippen LogP contribution in [0.5, 0.6) is 11.5 Å². The van der Waals surface area contributed by atoms with Crippen LogP contribution in [0.4, 0.5) is 5.69 Å². The van der Waals surface area contributed by atoms with Crippen molar-refractivity contribution < 1.29 is 14.3 Å². The molecule has 0 fully saturated rings. The highest BCUT2D eigenvalue weighted by atomic mass is 35.5. The van der Waals surface area contributed by atoms with E-state index < -0.39 is 0 Å². The van der Waals surface area contributed by atoms with Crippen molar-refractivity contribution >= 4 is 44.7 Å². The molecule has 0 heterocycles. The number of alkyl halides is 1. The molecule has 0 aliphatic rings. The number of halogens is 1. The number of fused-ring (bicyclic) bond motifs is 3. The van der Waals surface area contributed by atoms with Crippen LogP contribution in [0.25, 0.3) is 21.5 Å². The van der Waals surface area contributed by atoms with Gasteiger partial charge in [-0.3, -0.25) is 4.79 Å². The fraction of sp³-hybridized carbons (Fsp3) is 0.211. The zero-order valence-corrected chi connectivity index (χ0v) is 14.6. The highest BCUT2D eigenvalue weighted by Crippen LogP contribution is 2.39. The quantitative estimate of drug-likeness (QED) is 0.526. The normalized spacial score (nSPS) is 10.8. The molecule has 24 heavy (non-hydrogen) atoms. The third-order valence-electron chi connectivity index (χ3n) is 4.19. The standard InChI is InChI=1S/C19H18ClNO3/c1-21(19(22)11-20)16-8-12-9-17(23-2)18(24-3)10-15(12)13-6-4-5-7-14(13)16/h4-10H,11H2,1-3H3. The maximum Gasteiger partial charge on any atom is 0.241 e. The summed E-state index contributed by atoms with van der Waals surface area (Å²) in [5, 5.41) is 4.03. The predicted octanol–water partition coefficient (Wildman–Crippen LogP) is 4.21. The van der Waals surface area contributed by atoms with E-state index >= 15 is 0 Å². The number of amides is 1. The summed E-state index contributed by atoms with van der Waals surface area (Å²) >= 11 is 5.73. The average Bonchev–Trinajstić information content (AvgIpc) is 2.64. The topological polar surface area (TPSA) is 38.8 Å². The van der Waals surface area contributed by atoms with E-state index in [9.17, 15) is 4.79 Å². The Morgan fingerprint density at radius 2 is 1.62 bits per heavy atom. The molecule has 0 N–H and O–H groups in total. The van der Waals surface area contributed by atoms with Crippen molar-refractivity contribution in [2.75, 3.05) is 32.0 Å². The molecule has 0 unspecified atom stereocenters. The molecule has 5 heteroatoms. The largest absolute Gasteiger partial charge is 0.493 e. The van der Waals surface area contributed by atoms with Crippen LogP contribution in [0.15, 0.2) is 42.5 Å². The lowest BCUT2D eigenvalue weighted by Gasteiger charge is -2.20. The third kappa shape index (κ3) is 2.63. The molecule has 0 radical (unpaired) electrons. The summed E-state index contributed by atoms with van der Waals surface area (Å²) in [5.74, 6) is 1.11. The van der Waals surface area contributed by atoms with Crippen LogP contribution >= 0.6 is 11.6 Å². The van der Waals surface area contributed by atoms with Crippen molar-refractivity contribution in [2.24, 2.45) is 0 Å². The van der Waals surface area contributed by atoms with Gasteiger partial charge in [0.25, 0.3) is 0 Å². The van der Waals surface area contributed by atoms with Gasteiger partial charge < -0.3 is 14.4 Å². The molecule has 0 aliphatic heterocycles. The number of rotatable bonds is 4. The Morgan fingerprint density at radius 1 is 1.00 bits per heavy atom. The van der Waals surface area contributed by atoms with Gasteiger partial charge in [-0.05, 0) is 34.4 Å². The molecule has 1 amide bonds. The zero-order chi connectivity index (χ0) is 17.3. The molecule has 4 nitrogen and oxygen atoms in total. The first-order chi connectivity index (χ1) is 11.6. The Kier molecular flexibility index (Phi) is 4.49. The summed E-state index contributed by atoms with van der Waals surface area (Å²) in [5.41, 5.74) is 0.816. The fourth-order valence-electron chi connectivity index (χ4n) is 2.92. The van der Waals surface area contributed by atoms with E-state index in [1.807, 2.05) is 42.5 Å². The number of methoxy groups -OCH3 is 2. The Balaban J connectivity index is 2.38. The van der Waals surface area contributed by atoms with E-state index in [4.69, 9.17) is 21.1 Å². The molecular formula is C19H18ClNO3. The second kappa shape index (κ2) is 6.57. The van der Waals surface area contributed by atoms with Gasteiger partial charge in [0.05, 0.1) is 19.9 Å². The number of benzene rings is 3. The molecule has 0 saturated carbocycles. The average molecular weight is 344 g/mol. The second-order valence-electron chi connectivity index (χ2n) is 5.46.